The molecule has 2 saturated heterocycles. The molecule has 1 aromatic heterocycles. The van der Waals surface area contributed by atoms with Gasteiger partial charge < -0.3 is 9.72 Å². The van der Waals surface area contributed by atoms with Crippen molar-refractivity contribution in [2.75, 3.05) is 51.4 Å². The van der Waals surface area contributed by atoms with E-state index in [1.807, 2.05) is 6.07 Å². The number of benzene rings is 1. The third-order valence-corrected chi connectivity index (χ3v) is 7.53. The van der Waals surface area contributed by atoms with Crippen LogP contribution in [0.4, 0.5) is 0 Å². The summed E-state index contributed by atoms with van der Waals surface area (Å²) in [4.78, 5) is 8.02. The standard InChI is InChI=1S/C19H27N3O3S/c1-25-11-10-22-9-8-21(18-13-26(23,24)14-19(18)22)7-6-15-12-20-17-5-3-2-4-16(15)17/h2-5,12,18-20H,6-11,13-14H2,1H3/t18-,19+/m0/s1. The van der Waals surface area contributed by atoms with Crippen LogP contribution in [0.25, 0.3) is 10.9 Å². The molecular weight excluding hydrogens is 350 g/mol. The molecule has 0 amide bonds. The first-order valence-electron chi connectivity index (χ1n) is 9.30. The number of fused-ring (bicyclic) bond motifs is 2. The molecule has 2 atom stereocenters. The lowest BCUT2D eigenvalue weighted by Gasteiger charge is -2.44. The third kappa shape index (κ3) is 3.53. The molecular formula is C19H27N3O3S. The van der Waals surface area contributed by atoms with Crippen LogP contribution in [0.3, 0.4) is 0 Å². The van der Waals surface area contributed by atoms with Crippen LogP contribution in [0, 0.1) is 0 Å². The van der Waals surface area contributed by atoms with Crippen molar-refractivity contribution in [3.8, 4) is 0 Å². The topological polar surface area (TPSA) is 65.6 Å². The first-order chi connectivity index (χ1) is 12.6. The zero-order chi connectivity index (χ0) is 18.1. The molecule has 3 heterocycles. The van der Waals surface area contributed by atoms with Crippen LogP contribution in [-0.2, 0) is 21.0 Å². The minimum Gasteiger partial charge on any atom is -0.383 e. The highest BCUT2D eigenvalue weighted by Crippen LogP contribution is 2.27. The van der Waals surface area contributed by atoms with Gasteiger partial charge in [-0.15, -0.1) is 0 Å². The smallest absolute Gasteiger partial charge is 0.153 e. The van der Waals surface area contributed by atoms with Gasteiger partial charge in [-0.25, -0.2) is 8.42 Å². The number of rotatable bonds is 6. The van der Waals surface area contributed by atoms with E-state index in [0.29, 0.717) is 6.61 Å². The highest BCUT2D eigenvalue weighted by molar-refractivity contribution is 7.91. The molecule has 2 aromatic rings. The minimum atomic E-state index is -2.96. The first-order valence-corrected chi connectivity index (χ1v) is 11.1. The van der Waals surface area contributed by atoms with E-state index in [0.717, 1.165) is 38.1 Å². The molecule has 2 aliphatic heterocycles. The van der Waals surface area contributed by atoms with Gasteiger partial charge in [0.25, 0.3) is 0 Å². The maximum Gasteiger partial charge on any atom is 0.153 e. The summed E-state index contributed by atoms with van der Waals surface area (Å²) in [7, 11) is -1.26. The molecule has 6 nitrogen and oxygen atoms in total. The molecule has 0 spiro atoms. The summed E-state index contributed by atoms with van der Waals surface area (Å²) in [5, 5.41) is 1.27. The van der Waals surface area contributed by atoms with Crippen LogP contribution >= 0.6 is 0 Å². The van der Waals surface area contributed by atoms with Gasteiger partial charge in [0.15, 0.2) is 9.84 Å². The Morgan fingerprint density at radius 2 is 1.81 bits per heavy atom. The van der Waals surface area contributed by atoms with Crippen LogP contribution in [-0.4, -0.2) is 86.7 Å². The summed E-state index contributed by atoms with van der Waals surface area (Å²) in [6.07, 6.45) is 3.02. The average molecular weight is 378 g/mol. The highest BCUT2D eigenvalue weighted by atomic mass is 32.2. The number of para-hydroxylation sites is 1. The van der Waals surface area contributed by atoms with Crippen molar-refractivity contribution in [2.24, 2.45) is 0 Å². The molecule has 4 rings (SSSR count). The molecule has 2 fully saturated rings. The maximum atomic E-state index is 12.3. The summed E-state index contributed by atoms with van der Waals surface area (Å²) in [6, 6.07) is 8.55. The number of aromatic nitrogens is 1. The predicted molar refractivity (Wildman–Crippen MR) is 103 cm³/mol. The average Bonchev–Trinajstić information content (AvgIpc) is 3.18. The molecule has 0 radical (unpaired) electrons. The molecule has 7 heteroatoms. The molecule has 142 valence electrons. The number of H-pyrrole nitrogens is 1. The SMILES string of the molecule is COCCN1CCN(CCc2c[nH]c3ccccc23)[C@H]2CS(=O)(=O)C[C@H]21. The van der Waals surface area contributed by atoms with Crippen molar-refractivity contribution in [1.82, 2.24) is 14.8 Å². The summed E-state index contributed by atoms with van der Waals surface area (Å²) in [5.41, 5.74) is 2.47. The van der Waals surface area contributed by atoms with Gasteiger partial charge in [-0.1, -0.05) is 18.2 Å². The lowest BCUT2D eigenvalue weighted by Crippen LogP contribution is -2.59. The summed E-state index contributed by atoms with van der Waals surface area (Å²) < 4.78 is 29.8. The maximum absolute atomic E-state index is 12.3. The van der Waals surface area contributed by atoms with Crippen LogP contribution in [0.2, 0.25) is 0 Å². The number of sulfone groups is 1. The van der Waals surface area contributed by atoms with Crippen molar-refractivity contribution in [3.63, 3.8) is 0 Å². The van der Waals surface area contributed by atoms with E-state index in [1.54, 1.807) is 7.11 Å². The monoisotopic (exact) mass is 377 g/mol. The fraction of sp³-hybridized carbons (Fsp3) is 0.579. The van der Waals surface area contributed by atoms with E-state index < -0.39 is 9.84 Å². The molecule has 1 aromatic carbocycles. The Morgan fingerprint density at radius 3 is 2.54 bits per heavy atom. The zero-order valence-electron chi connectivity index (χ0n) is 15.2. The van der Waals surface area contributed by atoms with E-state index in [-0.39, 0.29) is 23.6 Å². The van der Waals surface area contributed by atoms with Crippen LogP contribution in [0.5, 0.6) is 0 Å². The largest absolute Gasteiger partial charge is 0.383 e. The Balaban J connectivity index is 1.47. The Morgan fingerprint density at radius 1 is 1.12 bits per heavy atom. The van der Waals surface area contributed by atoms with Gasteiger partial charge in [-0.05, 0) is 18.1 Å². The van der Waals surface area contributed by atoms with E-state index >= 15 is 0 Å². The summed E-state index contributed by atoms with van der Waals surface area (Å²) in [6.45, 7) is 4.19. The molecule has 0 bridgehead atoms. The lowest BCUT2D eigenvalue weighted by atomic mass is 10.0. The van der Waals surface area contributed by atoms with Crippen LogP contribution in [0.15, 0.2) is 30.5 Å². The second-order valence-electron chi connectivity index (χ2n) is 7.39. The van der Waals surface area contributed by atoms with Gasteiger partial charge in [-0.3, -0.25) is 9.80 Å². The Bertz CT molecular complexity index is 864. The molecule has 26 heavy (non-hydrogen) atoms. The van der Waals surface area contributed by atoms with Crippen molar-refractivity contribution in [3.05, 3.63) is 36.0 Å². The number of piperazine rings is 1. The first kappa shape index (κ1) is 18.0. The Hall–Kier alpha value is -1.41. The van der Waals surface area contributed by atoms with E-state index in [2.05, 4.69) is 39.2 Å². The third-order valence-electron chi connectivity index (χ3n) is 5.83. The van der Waals surface area contributed by atoms with Gasteiger partial charge in [0, 0.05) is 62.5 Å². The van der Waals surface area contributed by atoms with Gasteiger partial charge in [0.1, 0.15) is 0 Å². The van der Waals surface area contributed by atoms with Crippen molar-refractivity contribution in [1.29, 1.82) is 0 Å². The van der Waals surface area contributed by atoms with E-state index in [9.17, 15) is 8.42 Å². The molecule has 0 unspecified atom stereocenters. The molecule has 1 N–H and O–H groups in total. The second kappa shape index (κ2) is 7.31. The predicted octanol–water partition coefficient (Wildman–Crippen LogP) is 1.14. The van der Waals surface area contributed by atoms with E-state index in [4.69, 9.17) is 4.74 Å². The van der Waals surface area contributed by atoms with E-state index in [1.165, 1.54) is 10.9 Å². The summed E-state index contributed by atoms with van der Waals surface area (Å²) >= 11 is 0. The van der Waals surface area contributed by atoms with Crippen LogP contribution < -0.4 is 0 Å². The normalized spacial score (nSPS) is 26.3. The van der Waals surface area contributed by atoms with Gasteiger partial charge >= 0.3 is 0 Å². The second-order valence-corrected chi connectivity index (χ2v) is 9.54. The van der Waals surface area contributed by atoms with Gasteiger partial charge in [0.05, 0.1) is 18.1 Å². The number of hydrogen-bond acceptors (Lipinski definition) is 5. The quantitative estimate of drug-likeness (QED) is 0.818. The Kier molecular flexibility index (Phi) is 5.05. The lowest BCUT2D eigenvalue weighted by molar-refractivity contribution is 0.0300. The molecule has 0 aliphatic carbocycles. The van der Waals surface area contributed by atoms with Crippen molar-refractivity contribution >= 4 is 20.7 Å². The zero-order valence-corrected chi connectivity index (χ0v) is 16.0. The number of methoxy groups -OCH3 is 1. The fourth-order valence-corrected chi connectivity index (χ4v) is 6.51. The number of hydrogen-bond donors (Lipinski definition) is 1. The number of aromatic amines is 1. The van der Waals surface area contributed by atoms with Gasteiger partial charge in [0.2, 0.25) is 0 Å². The summed E-state index contributed by atoms with van der Waals surface area (Å²) in [5.74, 6) is 0.569. The molecule has 0 saturated carbocycles. The Labute approximate surface area is 155 Å². The van der Waals surface area contributed by atoms with Gasteiger partial charge in [-0.2, -0.15) is 0 Å². The number of ether oxygens (including phenoxy) is 1. The highest BCUT2D eigenvalue weighted by Gasteiger charge is 2.46. The number of nitrogens with one attached hydrogen (secondary N) is 1. The van der Waals surface area contributed by atoms with Crippen LogP contribution in [0.1, 0.15) is 5.56 Å². The number of nitrogens with zero attached hydrogens (tertiary/aromatic N) is 2. The van der Waals surface area contributed by atoms with Crippen molar-refractivity contribution < 1.29 is 13.2 Å². The molecule has 2 aliphatic rings. The minimum absolute atomic E-state index is 0.104. The van der Waals surface area contributed by atoms with Crippen molar-refractivity contribution in [2.45, 2.75) is 18.5 Å². The fourth-order valence-electron chi connectivity index (χ4n) is 4.46.